The fourth-order valence-corrected chi connectivity index (χ4v) is 6.65. The van der Waals surface area contributed by atoms with Crippen molar-refractivity contribution < 1.29 is 9.47 Å². The normalized spacial score (nSPS) is 24.0. The molecule has 3 aromatic rings. The highest BCUT2D eigenvalue weighted by molar-refractivity contribution is 7.14. The number of aromatic nitrogens is 1. The summed E-state index contributed by atoms with van der Waals surface area (Å²) in [5, 5.41) is 3.61. The molecule has 3 fully saturated rings. The number of thiophene rings is 1. The van der Waals surface area contributed by atoms with E-state index in [-0.39, 0.29) is 6.10 Å². The van der Waals surface area contributed by atoms with Gasteiger partial charge in [-0.1, -0.05) is 12.1 Å². The lowest BCUT2D eigenvalue weighted by molar-refractivity contribution is -0.0146. The van der Waals surface area contributed by atoms with Gasteiger partial charge in [-0.25, -0.2) is 0 Å². The predicted octanol–water partition coefficient (Wildman–Crippen LogP) is 3.90. The van der Waals surface area contributed by atoms with Gasteiger partial charge in [0.1, 0.15) is 0 Å². The van der Waals surface area contributed by atoms with E-state index in [2.05, 4.69) is 55.4 Å². The van der Waals surface area contributed by atoms with E-state index < -0.39 is 0 Å². The van der Waals surface area contributed by atoms with Gasteiger partial charge in [0.15, 0.2) is 0 Å². The van der Waals surface area contributed by atoms with Gasteiger partial charge in [0.25, 0.3) is 0 Å². The maximum Gasteiger partial charge on any atom is 0.0877 e. The highest BCUT2D eigenvalue weighted by Gasteiger charge is 2.29. The van der Waals surface area contributed by atoms with E-state index in [1.165, 1.54) is 53.0 Å². The van der Waals surface area contributed by atoms with E-state index in [4.69, 9.17) is 9.47 Å². The molecule has 1 aromatic carbocycles. The molecule has 0 aliphatic carbocycles. The van der Waals surface area contributed by atoms with E-state index >= 15 is 0 Å². The number of hydrogen-bond donors (Lipinski definition) is 1. The Labute approximate surface area is 200 Å². The average Bonchev–Trinajstić information content (AvgIpc) is 3.55. The van der Waals surface area contributed by atoms with Gasteiger partial charge in [0.05, 0.1) is 25.9 Å². The number of likely N-dealkylation sites (tertiary alicyclic amines) is 1. The van der Waals surface area contributed by atoms with Crippen LogP contribution < -0.4 is 4.90 Å². The molecule has 1 unspecified atom stereocenters. The number of nitrogens with one attached hydrogen (secondary N) is 1. The number of hydrogen-bond acceptors (Lipinski definition) is 6. The first kappa shape index (κ1) is 21.6. The largest absolute Gasteiger partial charge is 0.379 e. The molecule has 2 aromatic heterocycles. The van der Waals surface area contributed by atoms with Crippen LogP contribution in [0.2, 0.25) is 0 Å². The molecule has 3 aliphatic heterocycles. The molecule has 6 rings (SSSR count). The van der Waals surface area contributed by atoms with Crippen molar-refractivity contribution in [2.45, 2.75) is 25.0 Å². The molecular weight excluding hydrogens is 432 g/mol. The Bertz CT molecular complexity index is 1050. The van der Waals surface area contributed by atoms with Crippen LogP contribution >= 0.6 is 11.3 Å². The van der Waals surface area contributed by atoms with E-state index in [1.807, 2.05) is 17.5 Å². The lowest BCUT2D eigenvalue weighted by Gasteiger charge is -2.42. The third-order valence-corrected chi connectivity index (χ3v) is 8.48. The van der Waals surface area contributed by atoms with Gasteiger partial charge in [-0.3, -0.25) is 4.90 Å². The molecule has 1 atom stereocenters. The SMILES string of the molecule is c1cc(-c2cc(N3CCOC(CN4CCC(N5CCOCC5)CC4)C3)cs2)c2cc[nH]c2c1. The predicted molar refractivity (Wildman–Crippen MR) is 135 cm³/mol. The molecule has 1 N–H and O–H groups in total. The van der Waals surface area contributed by atoms with Crippen molar-refractivity contribution >= 4 is 27.9 Å². The molecule has 3 aliphatic rings. The molecule has 5 heterocycles. The van der Waals surface area contributed by atoms with Crippen molar-refractivity contribution in [2.75, 3.05) is 70.5 Å². The number of ether oxygens (including phenoxy) is 2. The number of anilines is 1. The summed E-state index contributed by atoms with van der Waals surface area (Å²) in [7, 11) is 0. The minimum absolute atomic E-state index is 0.287. The van der Waals surface area contributed by atoms with Crippen LogP contribution in [-0.4, -0.2) is 92.6 Å². The van der Waals surface area contributed by atoms with Gasteiger partial charge in [-0.2, -0.15) is 0 Å². The zero-order valence-electron chi connectivity index (χ0n) is 19.2. The zero-order valence-corrected chi connectivity index (χ0v) is 20.1. The van der Waals surface area contributed by atoms with Crippen molar-refractivity contribution in [2.24, 2.45) is 0 Å². The Kier molecular flexibility index (Phi) is 6.40. The smallest absolute Gasteiger partial charge is 0.0877 e. The molecule has 0 saturated carbocycles. The van der Waals surface area contributed by atoms with Crippen LogP contribution in [0.5, 0.6) is 0 Å². The van der Waals surface area contributed by atoms with Crippen LogP contribution in [-0.2, 0) is 9.47 Å². The van der Waals surface area contributed by atoms with Gasteiger partial charge in [-0.15, -0.1) is 11.3 Å². The van der Waals surface area contributed by atoms with Crippen molar-refractivity contribution in [3.63, 3.8) is 0 Å². The molecule has 6 nitrogen and oxygen atoms in total. The van der Waals surface area contributed by atoms with Crippen molar-refractivity contribution in [1.29, 1.82) is 0 Å². The van der Waals surface area contributed by atoms with E-state index in [1.54, 1.807) is 0 Å². The van der Waals surface area contributed by atoms with Gasteiger partial charge in [-0.05, 0) is 44.1 Å². The maximum atomic E-state index is 6.20. The number of H-pyrrole nitrogens is 1. The fraction of sp³-hybridized carbons (Fsp3) is 0.538. The molecule has 176 valence electrons. The number of fused-ring (bicyclic) bond motifs is 1. The molecule has 0 radical (unpaired) electrons. The first-order chi connectivity index (χ1) is 16.3. The second-order valence-corrected chi connectivity index (χ2v) is 10.4. The lowest BCUT2D eigenvalue weighted by atomic mass is 10.0. The standard InChI is InChI=1S/C26H34N4O2S/c1-2-24(23-4-7-27-25(23)3-1)26-16-21(19-33-26)30-12-15-32-22(18-30)17-28-8-5-20(6-9-28)29-10-13-31-14-11-29/h1-4,7,16,19-20,22,27H,5-6,8-15,17-18H2. The third kappa shape index (κ3) is 4.70. The first-order valence-corrected chi connectivity index (χ1v) is 13.3. The number of piperidine rings is 1. The van der Waals surface area contributed by atoms with E-state index in [0.717, 1.165) is 58.6 Å². The molecule has 3 saturated heterocycles. The van der Waals surface area contributed by atoms with Crippen LogP contribution in [0.15, 0.2) is 41.9 Å². The number of morpholine rings is 2. The van der Waals surface area contributed by atoms with Crippen molar-refractivity contribution in [1.82, 2.24) is 14.8 Å². The van der Waals surface area contributed by atoms with Crippen molar-refractivity contribution in [3.05, 3.63) is 41.9 Å². The minimum atomic E-state index is 0.287. The second-order valence-electron chi connectivity index (χ2n) is 9.53. The third-order valence-electron chi connectivity index (χ3n) is 7.53. The number of aromatic amines is 1. The zero-order chi connectivity index (χ0) is 22.0. The summed E-state index contributed by atoms with van der Waals surface area (Å²) in [6.45, 7) is 10.2. The topological polar surface area (TPSA) is 44.0 Å². The second kappa shape index (κ2) is 9.76. The molecule has 0 amide bonds. The van der Waals surface area contributed by atoms with E-state index in [0.29, 0.717) is 0 Å². The van der Waals surface area contributed by atoms with Crippen LogP contribution in [0.3, 0.4) is 0 Å². The quantitative estimate of drug-likeness (QED) is 0.618. The van der Waals surface area contributed by atoms with Crippen LogP contribution in [0.4, 0.5) is 5.69 Å². The highest BCUT2D eigenvalue weighted by Crippen LogP contribution is 2.36. The van der Waals surface area contributed by atoms with Gasteiger partial charge in [0, 0.05) is 77.4 Å². The summed E-state index contributed by atoms with van der Waals surface area (Å²) in [4.78, 5) is 12.4. The Morgan fingerprint density at radius 2 is 1.88 bits per heavy atom. The lowest BCUT2D eigenvalue weighted by Crippen LogP contribution is -2.52. The monoisotopic (exact) mass is 466 g/mol. The Morgan fingerprint density at radius 1 is 1.00 bits per heavy atom. The summed E-state index contributed by atoms with van der Waals surface area (Å²) in [5.41, 5.74) is 3.85. The van der Waals surface area contributed by atoms with Gasteiger partial charge < -0.3 is 24.3 Å². The average molecular weight is 467 g/mol. The summed E-state index contributed by atoms with van der Waals surface area (Å²) in [6.07, 6.45) is 4.86. The van der Waals surface area contributed by atoms with Gasteiger partial charge >= 0.3 is 0 Å². The number of benzene rings is 1. The van der Waals surface area contributed by atoms with E-state index in [9.17, 15) is 0 Å². The Morgan fingerprint density at radius 3 is 2.76 bits per heavy atom. The Balaban J connectivity index is 1.06. The van der Waals surface area contributed by atoms with Gasteiger partial charge in [0.2, 0.25) is 0 Å². The Hall–Kier alpha value is -1.90. The highest BCUT2D eigenvalue weighted by atomic mass is 32.1. The number of rotatable bonds is 5. The van der Waals surface area contributed by atoms with Crippen molar-refractivity contribution in [3.8, 4) is 10.4 Å². The summed E-state index contributed by atoms with van der Waals surface area (Å²) in [6, 6.07) is 11.8. The maximum absolute atomic E-state index is 6.20. The molecular formula is C26H34N4O2S. The number of nitrogens with zero attached hydrogens (tertiary/aromatic N) is 3. The summed E-state index contributed by atoms with van der Waals surface area (Å²) < 4.78 is 11.7. The molecule has 0 spiro atoms. The van der Waals surface area contributed by atoms with Crippen LogP contribution in [0.1, 0.15) is 12.8 Å². The summed E-state index contributed by atoms with van der Waals surface area (Å²) >= 11 is 1.84. The molecule has 33 heavy (non-hydrogen) atoms. The minimum Gasteiger partial charge on any atom is -0.379 e. The fourth-order valence-electron chi connectivity index (χ4n) is 5.70. The van der Waals surface area contributed by atoms with Crippen LogP contribution in [0, 0.1) is 0 Å². The first-order valence-electron chi connectivity index (χ1n) is 12.4. The molecule has 0 bridgehead atoms. The molecule has 7 heteroatoms. The summed E-state index contributed by atoms with van der Waals surface area (Å²) in [5.74, 6) is 0. The van der Waals surface area contributed by atoms with Crippen LogP contribution in [0.25, 0.3) is 21.3 Å².